The summed E-state index contributed by atoms with van der Waals surface area (Å²) in [5.74, 6) is -6.43. The van der Waals surface area contributed by atoms with Crippen molar-refractivity contribution in [2.24, 2.45) is 11.8 Å². The second kappa shape index (κ2) is 9.92. The number of carboxylic acids is 2. The van der Waals surface area contributed by atoms with Gasteiger partial charge in [0.2, 0.25) is 11.8 Å². The van der Waals surface area contributed by atoms with Crippen molar-refractivity contribution in [3.05, 3.63) is 0 Å². The highest BCUT2D eigenvalue weighted by Crippen LogP contribution is 2.30. The van der Waals surface area contributed by atoms with Crippen LogP contribution in [-0.2, 0) is 33.3 Å². The molecule has 2 atom stereocenters. The van der Waals surface area contributed by atoms with Crippen LogP contribution in [0.3, 0.4) is 0 Å². The summed E-state index contributed by atoms with van der Waals surface area (Å²) < 4.78 is 10.3. The smallest absolute Gasteiger partial charge is 0.506 e. The quantitative estimate of drug-likeness (QED) is 0.271. The zero-order chi connectivity index (χ0) is 22.5. The fourth-order valence-electron chi connectivity index (χ4n) is 3.68. The van der Waals surface area contributed by atoms with Crippen LogP contribution in [-0.4, -0.2) is 65.1 Å². The summed E-state index contributed by atoms with van der Waals surface area (Å²) in [6.45, 7) is 3.38. The number of carbonyl (C=O) groups is 5. The van der Waals surface area contributed by atoms with Crippen molar-refractivity contribution >= 4 is 36.8 Å². The van der Waals surface area contributed by atoms with Crippen LogP contribution in [0.25, 0.3) is 0 Å². The van der Waals surface area contributed by atoms with E-state index in [2.05, 4.69) is 10.6 Å². The molecule has 0 aromatic rings. The first kappa shape index (κ1) is 23.7. The highest BCUT2D eigenvalue weighted by molar-refractivity contribution is 6.53. The van der Waals surface area contributed by atoms with Crippen LogP contribution in [0.4, 0.5) is 0 Å². The zero-order valence-corrected chi connectivity index (χ0v) is 17.0. The van der Waals surface area contributed by atoms with Crippen molar-refractivity contribution in [3.8, 4) is 0 Å². The Balaban J connectivity index is 2.03. The molecule has 0 spiro atoms. The predicted octanol–water partition coefficient (Wildman–Crippen LogP) is -0.277. The van der Waals surface area contributed by atoms with E-state index in [9.17, 15) is 29.1 Å². The lowest BCUT2D eigenvalue weighted by Crippen LogP contribution is -2.53. The van der Waals surface area contributed by atoms with E-state index in [1.54, 1.807) is 0 Å². The number of rotatable bonds is 10. The number of nitrogens with one attached hydrogen (secondary N) is 2. The van der Waals surface area contributed by atoms with Gasteiger partial charge in [0.05, 0.1) is 18.9 Å². The summed E-state index contributed by atoms with van der Waals surface area (Å²) >= 11 is 0. The number of amides is 2. The number of carbonyl (C=O) groups excluding carboxylic acids is 3. The van der Waals surface area contributed by atoms with Gasteiger partial charge in [-0.2, -0.15) is 0 Å². The van der Waals surface area contributed by atoms with Gasteiger partial charge in [-0.3, -0.25) is 14.4 Å². The molecule has 0 aromatic carbocycles. The third-order valence-corrected chi connectivity index (χ3v) is 5.17. The largest absolute Gasteiger partial charge is 0.552 e. The molecular weight excluding hydrogens is 399 g/mol. The maximum Gasteiger partial charge on any atom is 0.552 e. The summed E-state index contributed by atoms with van der Waals surface area (Å²) in [6, 6.07) is 0. The van der Waals surface area contributed by atoms with Crippen molar-refractivity contribution in [1.82, 2.24) is 10.6 Å². The van der Waals surface area contributed by atoms with E-state index in [4.69, 9.17) is 14.4 Å². The molecular formula is C18H27BN2O9. The fourth-order valence-corrected chi connectivity index (χ4v) is 3.68. The van der Waals surface area contributed by atoms with E-state index >= 15 is 0 Å². The summed E-state index contributed by atoms with van der Waals surface area (Å²) in [5, 5.41) is 23.5. The Morgan fingerprint density at radius 1 is 1.20 bits per heavy atom. The van der Waals surface area contributed by atoms with Gasteiger partial charge in [0.1, 0.15) is 0 Å². The van der Waals surface area contributed by atoms with Crippen LogP contribution in [0.1, 0.15) is 52.4 Å². The first-order valence-electron chi connectivity index (χ1n) is 9.96. The number of hydrogen-bond donors (Lipinski definition) is 4. The molecule has 0 aromatic heterocycles. The molecule has 2 amide bonds. The van der Waals surface area contributed by atoms with Crippen LogP contribution in [0, 0.1) is 11.8 Å². The molecule has 166 valence electrons. The summed E-state index contributed by atoms with van der Waals surface area (Å²) in [6.07, 6.45) is 2.69. The Bertz CT molecular complexity index is 708. The third kappa shape index (κ3) is 5.71. The molecule has 0 bridgehead atoms. The van der Waals surface area contributed by atoms with Gasteiger partial charge in [-0.1, -0.05) is 26.7 Å². The Hall–Kier alpha value is -2.63. The minimum atomic E-state index is -2.67. The molecule has 11 nitrogen and oxygen atoms in total. The lowest BCUT2D eigenvalue weighted by Gasteiger charge is -2.23. The standard InChI is InChI=1S/C18H27BN2O9/c1-10(2)7-12(21-13(22)9-20-15(25)11-5-3-4-6-11)19-29-17(28)18(30-19,16(26)27)8-14(23)24/h10-12H,3-9H2,1-2H3,(H,20,25)(H,21,22)(H,23,24)(H,26,27)/t12-,18?/m0/s1. The van der Waals surface area contributed by atoms with E-state index in [1.165, 1.54) is 0 Å². The molecule has 1 saturated carbocycles. The average molecular weight is 426 g/mol. The molecule has 4 N–H and O–H groups in total. The van der Waals surface area contributed by atoms with Crippen molar-refractivity contribution < 1.29 is 43.5 Å². The van der Waals surface area contributed by atoms with Crippen LogP contribution < -0.4 is 10.6 Å². The van der Waals surface area contributed by atoms with Crippen LogP contribution in [0.5, 0.6) is 0 Å². The van der Waals surface area contributed by atoms with Gasteiger partial charge < -0.3 is 30.2 Å². The molecule has 2 rings (SSSR count). The highest BCUT2D eigenvalue weighted by Gasteiger charge is 2.62. The van der Waals surface area contributed by atoms with Gasteiger partial charge in [-0.15, -0.1) is 0 Å². The summed E-state index contributed by atoms with van der Waals surface area (Å²) in [4.78, 5) is 59.2. The normalized spacial score (nSPS) is 22.6. The minimum absolute atomic E-state index is 0.00461. The first-order chi connectivity index (χ1) is 14.0. The first-order valence-corrected chi connectivity index (χ1v) is 9.96. The molecule has 0 radical (unpaired) electrons. The van der Waals surface area contributed by atoms with Crippen LogP contribution >= 0.6 is 0 Å². The number of aliphatic carboxylic acids is 2. The van der Waals surface area contributed by atoms with E-state index in [0.29, 0.717) is 0 Å². The SMILES string of the molecule is CC(C)C[C@H](NC(=O)CNC(=O)C1CCCC1)B1OC(=O)C(CC(=O)O)(C(=O)O)O1. The van der Waals surface area contributed by atoms with Crippen LogP contribution in [0.15, 0.2) is 0 Å². The predicted molar refractivity (Wildman–Crippen MR) is 102 cm³/mol. The van der Waals surface area contributed by atoms with Gasteiger partial charge in [0.25, 0.3) is 5.60 Å². The molecule has 1 saturated heterocycles. The molecule has 1 heterocycles. The van der Waals surface area contributed by atoms with Gasteiger partial charge in [0.15, 0.2) is 0 Å². The molecule has 2 fully saturated rings. The topological polar surface area (TPSA) is 168 Å². The maximum atomic E-state index is 12.3. The average Bonchev–Trinajstić information content (AvgIpc) is 3.27. The van der Waals surface area contributed by atoms with Crippen LogP contribution in [0.2, 0.25) is 0 Å². The minimum Gasteiger partial charge on any atom is -0.506 e. The van der Waals surface area contributed by atoms with Crippen molar-refractivity contribution in [1.29, 1.82) is 0 Å². The van der Waals surface area contributed by atoms with Gasteiger partial charge >= 0.3 is 25.0 Å². The van der Waals surface area contributed by atoms with Crippen molar-refractivity contribution in [3.63, 3.8) is 0 Å². The van der Waals surface area contributed by atoms with Crippen molar-refractivity contribution in [2.45, 2.75) is 63.9 Å². The zero-order valence-electron chi connectivity index (χ0n) is 17.0. The van der Waals surface area contributed by atoms with Gasteiger partial charge in [0, 0.05) is 5.92 Å². The highest BCUT2D eigenvalue weighted by atomic mass is 16.7. The molecule has 1 aliphatic carbocycles. The number of carboxylic acid groups (broad SMARTS) is 2. The second-order valence-corrected chi connectivity index (χ2v) is 8.10. The van der Waals surface area contributed by atoms with E-state index in [0.717, 1.165) is 25.7 Å². The summed E-state index contributed by atoms with van der Waals surface area (Å²) in [7, 11) is -1.47. The third-order valence-electron chi connectivity index (χ3n) is 5.17. The number of hydrogen-bond acceptors (Lipinski definition) is 7. The van der Waals surface area contributed by atoms with E-state index in [1.807, 2.05) is 13.8 Å². The summed E-state index contributed by atoms with van der Waals surface area (Å²) in [5.41, 5.74) is -2.67. The second-order valence-electron chi connectivity index (χ2n) is 8.10. The van der Waals surface area contributed by atoms with Gasteiger partial charge in [-0.25, -0.2) is 9.59 Å². The lowest BCUT2D eigenvalue weighted by atomic mass is 9.74. The molecule has 12 heteroatoms. The monoisotopic (exact) mass is 426 g/mol. The molecule has 30 heavy (non-hydrogen) atoms. The van der Waals surface area contributed by atoms with E-state index < -0.39 is 48.9 Å². The fraction of sp³-hybridized carbons (Fsp3) is 0.722. The van der Waals surface area contributed by atoms with E-state index in [-0.39, 0.29) is 30.7 Å². The van der Waals surface area contributed by atoms with Crippen molar-refractivity contribution in [2.75, 3.05) is 6.54 Å². The molecule has 1 unspecified atom stereocenters. The Labute approximate surface area is 174 Å². The Morgan fingerprint density at radius 2 is 1.83 bits per heavy atom. The maximum absolute atomic E-state index is 12.3. The lowest BCUT2D eigenvalue weighted by molar-refractivity contribution is -0.168. The molecule has 2 aliphatic rings. The Morgan fingerprint density at radius 3 is 2.37 bits per heavy atom. The van der Waals surface area contributed by atoms with Gasteiger partial charge in [-0.05, 0) is 25.2 Å². The molecule has 1 aliphatic heterocycles. The Kier molecular flexibility index (Phi) is 7.82.